The molecule has 0 aliphatic carbocycles. The molecule has 1 aromatic carbocycles. The van der Waals surface area contributed by atoms with Crippen LogP contribution in [0.3, 0.4) is 0 Å². The van der Waals surface area contributed by atoms with E-state index in [-0.39, 0.29) is 35.3 Å². The van der Waals surface area contributed by atoms with Crippen LogP contribution in [0.2, 0.25) is 0 Å². The van der Waals surface area contributed by atoms with Crippen LogP contribution in [0.15, 0.2) is 29.3 Å². The molecule has 2 heterocycles. The van der Waals surface area contributed by atoms with Crippen LogP contribution in [-0.2, 0) is 19.4 Å². The number of anilines is 1. The van der Waals surface area contributed by atoms with Crippen molar-refractivity contribution in [3.8, 4) is 5.75 Å². The molecule has 0 radical (unpaired) electrons. The molecule has 1 amide bonds. The fourth-order valence-corrected chi connectivity index (χ4v) is 6.80. The molecule has 130 valence electrons. The molecule has 0 saturated carbocycles. The van der Waals surface area contributed by atoms with Crippen molar-refractivity contribution < 1.29 is 22.7 Å². The van der Waals surface area contributed by atoms with Gasteiger partial charge in [0.2, 0.25) is 0 Å². The fourth-order valence-electron chi connectivity index (χ4n) is 2.87. The number of sulfone groups is 1. The maximum Gasteiger partial charge on any atom is 0.274 e. The van der Waals surface area contributed by atoms with Gasteiger partial charge in [0, 0.05) is 18.0 Å². The number of aliphatic imine (C=N–C) groups is 1. The molecule has 0 bridgehead atoms. The molecule has 3 rings (SSSR count). The van der Waals surface area contributed by atoms with Gasteiger partial charge in [0.05, 0.1) is 24.7 Å². The molecule has 0 spiro atoms. The predicted octanol–water partition coefficient (Wildman–Crippen LogP) is 0.943. The first-order valence-electron chi connectivity index (χ1n) is 7.34. The van der Waals surface area contributed by atoms with E-state index in [1.54, 1.807) is 19.2 Å². The largest absolute Gasteiger partial charge is 0.497 e. The Morgan fingerprint density at radius 1 is 1.29 bits per heavy atom. The second-order valence-corrected chi connectivity index (χ2v) is 8.95. The lowest BCUT2D eigenvalue weighted by atomic mass is 10.2. The number of nitrogens with zero attached hydrogens (tertiary/aromatic N) is 2. The minimum Gasteiger partial charge on any atom is -0.497 e. The van der Waals surface area contributed by atoms with Gasteiger partial charge < -0.3 is 14.4 Å². The molecule has 2 atom stereocenters. The number of hydrogen-bond acceptors (Lipinski definition) is 6. The van der Waals surface area contributed by atoms with Crippen LogP contribution >= 0.6 is 11.8 Å². The van der Waals surface area contributed by atoms with Crippen molar-refractivity contribution in [2.45, 2.75) is 11.3 Å². The van der Waals surface area contributed by atoms with Gasteiger partial charge in [-0.1, -0.05) is 11.8 Å². The summed E-state index contributed by atoms with van der Waals surface area (Å²) in [6.45, 7) is -0.103. The molecule has 2 fully saturated rings. The highest BCUT2D eigenvalue weighted by Crippen LogP contribution is 2.41. The number of thioether (sulfide) groups is 1. The number of benzene rings is 1. The van der Waals surface area contributed by atoms with E-state index in [2.05, 4.69) is 4.99 Å². The van der Waals surface area contributed by atoms with Gasteiger partial charge in [-0.3, -0.25) is 4.79 Å². The SMILES string of the molecule is COCC(=O)N=C1S[C@@H]2CS(=O)(=O)C[C@@H]2N1c1ccc(OC)cc1. The van der Waals surface area contributed by atoms with Crippen LogP contribution in [0.5, 0.6) is 5.75 Å². The number of amides is 1. The number of carbonyl (C=O) groups is 1. The fraction of sp³-hybridized carbons (Fsp3) is 0.467. The summed E-state index contributed by atoms with van der Waals surface area (Å²) in [6, 6.07) is 7.05. The molecular formula is C15H18N2O5S2. The zero-order valence-corrected chi connectivity index (χ0v) is 15.0. The van der Waals surface area contributed by atoms with Crippen LogP contribution < -0.4 is 9.64 Å². The lowest BCUT2D eigenvalue weighted by Gasteiger charge is -2.24. The quantitative estimate of drug-likeness (QED) is 0.780. The van der Waals surface area contributed by atoms with E-state index in [1.807, 2.05) is 17.0 Å². The van der Waals surface area contributed by atoms with E-state index in [1.165, 1.54) is 18.9 Å². The predicted molar refractivity (Wildman–Crippen MR) is 93.6 cm³/mol. The summed E-state index contributed by atoms with van der Waals surface area (Å²) >= 11 is 1.34. The Balaban J connectivity index is 1.96. The Kier molecular flexibility index (Phi) is 4.84. The number of fused-ring (bicyclic) bond motifs is 1. The summed E-state index contributed by atoms with van der Waals surface area (Å²) in [7, 11) is -0.0603. The molecule has 1 aromatic rings. The number of amidine groups is 1. The van der Waals surface area contributed by atoms with E-state index in [4.69, 9.17) is 9.47 Å². The van der Waals surface area contributed by atoms with E-state index in [9.17, 15) is 13.2 Å². The highest BCUT2D eigenvalue weighted by Gasteiger charge is 2.49. The van der Waals surface area contributed by atoms with Crippen LogP contribution in [0.25, 0.3) is 0 Å². The maximum absolute atomic E-state index is 12.0. The van der Waals surface area contributed by atoms with Crippen molar-refractivity contribution in [1.29, 1.82) is 0 Å². The molecule has 24 heavy (non-hydrogen) atoms. The Bertz CT molecular complexity index is 761. The maximum atomic E-state index is 12.0. The third-order valence-electron chi connectivity index (χ3n) is 3.91. The first kappa shape index (κ1) is 17.2. The molecular weight excluding hydrogens is 352 g/mol. The van der Waals surface area contributed by atoms with Gasteiger partial charge in [-0.15, -0.1) is 0 Å². The van der Waals surface area contributed by atoms with E-state index < -0.39 is 9.84 Å². The Labute approximate surface area is 144 Å². The normalized spacial score (nSPS) is 26.6. The zero-order valence-electron chi connectivity index (χ0n) is 13.3. The summed E-state index contributed by atoms with van der Waals surface area (Å²) in [5, 5.41) is 0.401. The van der Waals surface area contributed by atoms with E-state index in [0.717, 1.165) is 5.69 Å². The van der Waals surface area contributed by atoms with Gasteiger partial charge in [0.1, 0.15) is 12.4 Å². The van der Waals surface area contributed by atoms with Crippen molar-refractivity contribution in [1.82, 2.24) is 0 Å². The van der Waals surface area contributed by atoms with E-state index >= 15 is 0 Å². The second-order valence-electron chi connectivity index (χ2n) is 5.59. The molecule has 7 nitrogen and oxygen atoms in total. The lowest BCUT2D eigenvalue weighted by Crippen LogP contribution is -2.37. The average molecular weight is 370 g/mol. The van der Waals surface area contributed by atoms with Gasteiger partial charge in [-0.25, -0.2) is 8.42 Å². The molecule has 9 heteroatoms. The van der Waals surface area contributed by atoms with Crippen LogP contribution in [-0.4, -0.2) is 63.1 Å². The van der Waals surface area contributed by atoms with Crippen molar-refractivity contribution in [2.24, 2.45) is 4.99 Å². The number of rotatable bonds is 4. The number of methoxy groups -OCH3 is 2. The van der Waals surface area contributed by atoms with Crippen molar-refractivity contribution in [2.75, 3.05) is 37.2 Å². The Hall–Kier alpha value is -1.58. The summed E-state index contributed by atoms with van der Waals surface area (Å²) in [4.78, 5) is 17.8. The minimum atomic E-state index is -3.07. The minimum absolute atomic E-state index is 0.0637. The monoisotopic (exact) mass is 370 g/mol. The number of ether oxygens (including phenoxy) is 2. The van der Waals surface area contributed by atoms with Crippen LogP contribution in [0, 0.1) is 0 Å². The second kappa shape index (κ2) is 6.73. The Morgan fingerprint density at radius 3 is 2.62 bits per heavy atom. The molecule has 2 aliphatic rings. The Morgan fingerprint density at radius 2 is 2.00 bits per heavy atom. The summed E-state index contributed by atoms with van der Waals surface area (Å²) in [5.74, 6) is 0.484. The zero-order chi connectivity index (χ0) is 17.3. The first-order valence-corrected chi connectivity index (χ1v) is 10.0. The summed E-state index contributed by atoms with van der Waals surface area (Å²) in [5.41, 5.74) is 0.789. The molecule has 0 unspecified atom stereocenters. The van der Waals surface area contributed by atoms with Crippen LogP contribution in [0.4, 0.5) is 5.69 Å². The topological polar surface area (TPSA) is 85.3 Å². The van der Waals surface area contributed by atoms with Crippen molar-refractivity contribution >= 4 is 38.4 Å². The van der Waals surface area contributed by atoms with Crippen molar-refractivity contribution in [3.63, 3.8) is 0 Å². The third-order valence-corrected chi connectivity index (χ3v) is 7.12. The van der Waals surface area contributed by atoms with Gasteiger partial charge >= 0.3 is 0 Å². The summed E-state index contributed by atoms with van der Waals surface area (Å²) < 4.78 is 33.9. The number of hydrogen-bond donors (Lipinski definition) is 0. The highest BCUT2D eigenvalue weighted by molar-refractivity contribution is 8.16. The molecule has 2 aliphatic heterocycles. The van der Waals surface area contributed by atoms with Crippen LogP contribution in [0.1, 0.15) is 0 Å². The average Bonchev–Trinajstić information content (AvgIpc) is 2.98. The van der Waals surface area contributed by atoms with Gasteiger partial charge in [-0.2, -0.15) is 4.99 Å². The first-order chi connectivity index (χ1) is 11.4. The summed E-state index contributed by atoms with van der Waals surface area (Å²) in [6.07, 6.45) is 0. The van der Waals surface area contributed by atoms with Gasteiger partial charge in [0.15, 0.2) is 15.0 Å². The van der Waals surface area contributed by atoms with Crippen molar-refractivity contribution in [3.05, 3.63) is 24.3 Å². The van der Waals surface area contributed by atoms with E-state index in [0.29, 0.717) is 10.9 Å². The highest BCUT2D eigenvalue weighted by atomic mass is 32.2. The molecule has 2 saturated heterocycles. The van der Waals surface area contributed by atoms with Gasteiger partial charge in [0.25, 0.3) is 5.91 Å². The van der Waals surface area contributed by atoms with Gasteiger partial charge in [-0.05, 0) is 24.3 Å². The molecule has 0 N–H and O–H groups in total. The number of carbonyl (C=O) groups excluding carboxylic acids is 1. The lowest BCUT2D eigenvalue weighted by molar-refractivity contribution is -0.121. The molecule has 0 aromatic heterocycles. The smallest absolute Gasteiger partial charge is 0.274 e. The standard InChI is InChI=1S/C15H18N2O5S2/c1-21-7-14(18)16-15-17(10-3-5-11(22-2)6-4-10)12-8-24(19,20)9-13(12)23-15/h3-6,12-13H,7-9H2,1-2H3/t12-,13+/m0/s1. The third kappa shape index (κ3) is 3.42.